The molecule has 0 radical (unpaired) electrons. The fraction of sp³-hybridized carbons (Fsp3) is 0.758. The molecule has 0 heterocycles. The maximum atomic E-state index is 12.9. The summed E-state index contributed by atoms with van der Waals surface area (Å²) in [6.07, 6.45) is 14.8. The van der Waals surface area contributed by atoms with Gasteiger partial charge in [-0.1, -0.05) is 84.0 Å². The minimum atomic E-state index is -4.44. The average molecular weight is 661 g/mol. The van der Waals surface area contributed by atoms with Crippen LogP contribution in [0.3, 0.4) is 0 Å². The first-order valence-corrected chi connectivity index (χ1v) is 17.9. The van der Waals surface area contributed by atoms with Crippen LogP contribution in [0.2, 0.25) is 0 Å². The van der Waals surface area contributed by atoms with Gasteiger partial charge in [0, 0.05) is 6.42 Å². The van der Waals surface area contributed by atoms with Crippen LogP contribution >= 0.6 is 7.82 Å². The highest BCUT2D eigenvalue weighted by molar-refractivity contribution is 7.47. The lowest BCUT2D eigenvalue weighted by Crippen LogP contribution is -2.37. The van der Waals surface area contributed by atoms with Gasteiger partial charge in [0.05, 0.1) is 47.5 Å². The van der Waals surface area contributed by atoms with Gasteiger partial charge in [0.15, 0.2) is 17.6 Å². The van der Waals surface area contributed by atoms with Gasteiger partial charge >= 0.3 is 19.8 Å². The van der Waals surface area contributed by atoms with Gasteiger partial charge in [-0.25, -0.2) is 9.36 Å². The molecule has 1 rings (SSSR count). The fourth-order valence-corrected chi connectivity index (χ4v) is 5.23. The molecule has 0 aliphatic carbocycles. The fourth-order valence-electron chi connectivity index (χ4n) is 4.49. The SMILES string of the molecule is CCCCCCCCCCCCCCCC(=O)OC[C@H](COP(=O)(O)OCC[N+](C)(C)C)OC(=O)c1ccc(OC)c(OC)c1. The summed E-state index contributed by atoms with van der Waals surface area (Å²) in [7, 11) is 4.24. The van der Waals surface area contributed by atoms with E-state index in [1.165, 1.54) is 84.1 Å². The highest BCUT2D eigenvalue weighted by Crippen LogP contribution is 2.43. The van der Waals surface area contributed by atoms with Crippen molar-refractivity contribution in [3.63, 3.8) is 0 Å². The number of phosphoric ester groups is 1. The number of esters is 2. The Morgan fingerprint density at radius 1 is 0.800 bits per heavy atom. The summed E-state index contributed by atoms with van der Waals surface area (Å²) < 4.78 is 44.4. The Hall–Kier alpha value is -2.17. The summed E-state index contributed by atoms with van der Waals surface area (Å²) in [5.41, 5.74) is 0.155. The molecule has 11 nitrogen and oxygen atoms in total. The molecule has 1 unspecified atom stereocenters. The van der Waals surface area contributed by atoms with Crippen molar-refractivity contribution >= 4 is 19.8 Å². The Balaban J connectivity index is 2.53. The number of methoxy groups -OCH3 is 2. The van der Waals surface area contributed by atoms with Crippen molar-refractivity contribution in [3.8, 4) is 11.5 Å². The molecule has 12 heteroatoms. The number of ether oxygens (including phenoxy) is 4. The van der Waals surface area contributed by atoms with Gasteiger partial charge in [-0.05, 0) is 24.6 Å². The Morgan fingerprint density at radius 3 is 1.89 bits per heavy atom. The Morgan fingerprint density at radius 2 is 1.36 bits per heavy atom. The van der Waals surface area contributed by atoms with Gasteiger partial charge in [0.1, 0.15) is 19.8 Å². The predicted molar refractivity (Wildman–Crippen MR) is 175 cm³/mol. The van der Waals surface area contributed by atoms with Gasteiger partial charge in [-0.3, -0.25) is 13.8 Å². The number of quaternary nitrogens is 1. The number of benzene rings is 1. The zero-order chi connectivity index (χ0) is 33.6. The van der Waals surface area contributed by atoms with Crippen LogP contribution in [-0.2, 0) is 27.9 Å². The van der Waals surface area contributed by atoms with Crippen molar-refractivity contribution in [2.24, 2.45) is 0 Å². The third-order valence-electron chi connectivity index (χ3n) is 7.25. The van der Waals surface area contributed by atoms with Gasteiger partial charge in [-0.2, -0.15) is 0 Å². The number of likely N-dealkylation sites (N-methyl/N-ethyl adjacent to an activating group) is 1. The van der Waals surface area contributed by atoms with Crippen molar-refractivity contribution in [1.82, 2.24) is 0 Å². The van der Waals surface area contributed by atoms with Crippen LogP contribution in [0.25, 0.3) is 0 Å². The van der Waals surface area contributed by atoms with E-state index in [2.05, 4.69) is 6.92 Å². The maximum Gasteiger partial charge on any atom is 0.472 e. The van der Waals surface area contributed by atoms with Gasteiger partial charge in [-0.15, -0.1) is 0 Å². The van der Waals surface area contributed by atoms with Crippen molar-refractivity contribution in [2.45, 2.75) is 103 Å². The minimum Gasteiger partial charge on any atom is -0.493 e. The average Bonchev–Trinajstić information content (AvgIpc) is 2.99. The molecular formula is C33H59NO10P+. The Bertz CT molecular complexity index is 1010. The summed E-state index contributed by atoms with van der Waals surface area (Å²) in [6.45, 7) is 1.85. The standard InChI is InChI=1S/C33H58NO10P/c1-7-8-9-10-11-12-13-14-15-16-17-18-19-20-32(35)41-26-29(27-43-45(37,38)42-24-23-34(2,3)4)44-33(36)28-21-22-30(39-5)31(25-28)40-6/h21-22,25,29H,7-20,23-24,26-27H2,1-6H3/p+1/t29-/m1/s1. The summed E-state index contributed by atoms with van der Waals surface area (Å²) in [6, 6.07) is 4.50. The van der Waals surface area contributed by atoms with E-state index in [4.69, 9.17) is 28.0 Å². The highest BCUT2D eigenvalue weighted by Gasteiger charge is 2.27. The van der Waals surface area contributed by atoms with Crippen molar-refractivity contribution in [2.75, 3.05) is 61.7 Å². The van der Waals surface area contributed by atoms with Gasteiger partial charge in [0.25, 0.3) is 0 Å². The summed E-state index contributed by atoms with van der Waals surface area (Å²) in [4.78, 5) is 35.5. The zero-order valence-corrected chi connectivity index (χ0v) is 29.4. The first-order valence-electron chi connectivity index (χ1n) is 16.4. The predicted octanol–water partition coefficient (Wildman–Crippen LogP) is 7.09. The lowest BCUT2D eigenvalue weighted by atomic mass is 10.0. The molecule has 0 spiro atoms. The molecule has 1 aromatic rings. The van der Waals surface area contributed by atoms with E-state index < -0.39 is 32.5 Å². The molecular weight excluding hydrogens is 601 g/mol. The second kappa shape index (κ2) is 23.2. The summed E-state index contributed by atoms with van der Waals surface area (Å²) in [5, 5.41) is 0. The number of carbonyl (C=O) groups is 2. The Kier molecular flexibility index (Phi) is 21.1. The van der Waals surface area contributed by atoms with Crippen LogP contribution in [0.15, 0.2) is 18.2 Å². The molecule has 45 heavy (non-hydrogen) atoms. The minimum absolute atomic E-state index is 0.0124. The van der Waals surface area contributed by atoms with Gasteiger partial charge in [0.2, 0.25) is 0 Å². The lowest BCUT2D eigenvalue weighted by Gasteiger charge is -2.24. The maximum absolute atomic E-state index is 12.9. The number of rotatable bonds is 27. The molecule has 0 fully saturated rings. The van der Waals surface area contributed by atoms with E-state index in [9.17, 15) is 19.0 Å². The van der Waals surface area contributed by atoms with Crippen molar-refractivity contribution in [3.05, 3.63) is 23.8 Å². The van der Waals surface area contributed by atoms with E-state index in [1.807, 2.05) is 21.1 Å². The van der Waals surface area contributed by atoms with E-state index >= 15 is 0 Å². The quantitative estimate of drug-likeness (QED) is 0.0452. The molecule has 0 saturated heterocycles. The number of nitrogens with zero attached hydrogens (tertiary/aromatic N) is 1. The molecule has 1 N–H and O–H groups in total. The molecule has 0 aliphatic heterocycles. The van der Waals surface area contributed by atoms with Crippen molar-refractivity contribution < 1.29 is 51.5 Å². The molecule has 0 saturated carbocycles. The largest absolute Gasteiger partial charge is 0.493 e. The lowest BCUT2D eigenvalue weighted by molar-refractivity contribution is -0.870. The molecule has 1 aromatic carbocycles. The Labute approximate surface area is 271 Å². The third-order valence-corrected chi connectivity index (χ3v) is 8.23. The van der Waals surface area contributed by atoms with Crippen LogP contribution < -0.4 is 9.47 Å². The number of carbonyl (C=O) groups excluding carboxylic acids is 2. The second-order valence-electron chi connectivity index (χ2n) is 12.4. The zero-order valence-electron chi connectivity index (χ0n) is 28.6. The number of phosphoric acid groups is 1. The van der Waals surface area contributed by atoms with Crippen LogP contribution in [0.1, 0.15) is 107 Å². The smallest absolute Gasteiger partial charge is 0.472 e. The van der Waals surface area contributed by atoms with E-state index in [1.54, 1.807) is 6.07 Å². The first-order chi connectivity index (χ1) is 21.4. The topological polar surface area (TPSA) is 127 Å². The number of hydrogen-bond acceptors (Lipinski definition) is 9. The number of hydrogen-bond donors (Lipinski definition) is 1. The van der Waals surface area contributed by atoms with E-state index in [0.717, 1.165) is 19.3 Å². The van der Waals surface area contributed by atoms with Crippen LogP contribution in [0, 0.1) is 0 Å². The number of unbranched alkanes of at least 4 members (excludes halogenated alkanes) is 12. The first kappa shape index (κ1) is 40.9. The highest BCUT2D eigenvalue weighted by atomic mass is 31.2. The van der Waals surface area contributed by atoms with Crippen molar-refractivity contribution in [1.29, 1.82) is 0 Å². The van der Waals surface area contributed by atoms with E-state index in [0.29, 0.717) is 28.9 Å². The molecule has 0 aromatic heterocycles. The van der Waals surface area contributed by atoms with Crippen LogP contribution in [0.5, 0.6) is 11.5 Å². The normalized spacial score (nSPS) is 13.6. The molecule has 260 valence electrons. The summed E-state index contributed by atoms with van der Waals surface area (Å²) in [5.74, 6) is -0.426. The second-order valence-corrected chi connectivity index (χ2v) is 13.8. The van der Waals surface area contributed by atoms with E-state index in [-0.39, 0.29) is 25.2 Å². The molecule has 2 atom stereocenters. The van der Waals surface area contributed by atoms with Crippen LogP contribution in [0.4, 0.5) is 0 Å². The third kappa shape index (κ3) is 20.5. The molecule has 0 bridgehead atoms. The molecule has 0 amide bonds. The molecule has 0 aliphatic rings. The monoisotopic (exact) mass is 660 g/mol. The van der Waals surface area contributed by atoms with Crippen LogP contribution in [-0.4, -0.2) is 89.1 Å². The van der Waals surface area contributed by atoms with Gasteiger partial charge < -0.3 is 28.3 Å². The summed E-state index contributed by atoms with van der Waals surface area (Å²) >= 11 is 0.